The third kappa shape index (κ3) is 3.99. The molecule has 0 amide bonds. The highest BCUT2D eigenvalue weighted by Crippen LogP contribution is 2.25. The quantitative estimate of drug-likeness (QED) is 0.664. The summed E-state index contributed by atoms with van der Waals surface area (Å²) >= 11 is 0. The molecular weight excluding hydrogens is 282 g/mol. The van der Waals surface area contributed by atoms with E-state index in [0.717, 1.165) is 28.0 Å². The lowest BCUT2D eigenvalue weighted by atomic mass is 10.0. The largest absolute Gasteiger partial charge is 0.489 e. The minimum atomic E-state index is 0.445. The number of ether oxygens (including phenoxy) is 1. The lowest BCUT2D eigenvalue weighted by Gasteiger charge is -2.09. The first-order chi connectivity index (χ1) is 11.3. The molecule has 0 aromatic heterocycles. The summed E-state index contributed by atoms with van der Waals surface area (Å²) < 4.78 is 5.87. The van der Waals surface area contributed by atoms with E-state index in [1.54, 1.807) is 0 Å². The maximum Gasteiger partial charge on any atom is 0.120 e. The number of hydrogen-bond donors (Lipinski definition) is 0. The van der Waals surface area contributed by atoms with Crippen LogP contribution in [0.3, 0.4) is 0 Å². The molecule has 3 rings (SSSR count). The van der Waals surface area contributed by atoms with Crippen molar-refractivity contribution in [3.05, 3.63) is 90.0 Å². The fourth-order valence-electron chi connectivity index (χ4n) is 2.41. The van der Waals surface area contributed by atoms with E-state index in [0.29, 0.717) is 13.0 Å². The Morgan fingerprint density at radius 3 is 2.26 bits per heavy atom. The molecular formula is C21H17NO. The van der Waals surface area contributed by atoms with Crippen LogP contribution in [0.4, 0.5) is 0 Å². The molecule has 0 fully saturated rings. The summed E-state index contributed by atoms with van der Waals surface area (Å²) in [5, 5.41) is 8.73. The van der Waals surface area contributed by atoms with Crippen molar-refractivity contribution in [2.24, 2.45) is 0 Å². The van der Waals surface area contributed by atoms with Crippen LogP contribution in [0.1, 0.15) is 11.1 Å². The molecule has 23 heavy (non-hydrogen) atoms. The first kappa shape index (κ1) is 14.9. The zero-order valence-corrected chi connectivity index (χ0v) is 12.8. The summed E-state index contributed by atoms with van der Waals surface area (Å²) in [6.45, 7) is 0.561. The molecule has 0 aliphatic heterocycles. The van der Waals surface area contributed by atoms with Gasteiger partial charge < -0.3 is 4.74 Å². The zero-order valence-electron chi connectivity index (χ0n) is 12.8. The molecule has 0 saturated carbocycles. The van der Waals surface area contributed by atoms with Crippen LogP contribution in [0, 0.1) is 11.3 Å². The minimum Gasteiger partial charge on any atom is -0.489 e. The molecule has 0 spiro atoms. The van der Waals surface area contributed by atoms with Gasteiger partial charge in [-0.1, -0.05) is 66.7 Å². The van der Waals surface area contributed by atoms with Gasteiger partial charge in [-0.2, -0.15) is 5.26 Å². The lowest BCUT2D eigenvalue weighted by Crippen LogP contribution is -1.95. The van der Waals surface area contributed by atoms with Crippen molar-refractivity contribution in [2.45, 2.75) is 13.0 Å². The van der Waals surface area contributed by atoms with E-state index in [9.17, 15) is 0 Å². The molecule has 0 N–H and O–H groups in total. The fraction of sp³-hybridized carbons (Fsp3) is 0.0952. The molecule has 0 radical (unpaired) electrons. The zero-order chi connectivity index (χ0) is 15.9. The van der Waals surface area contributed by atoms with Gasteiger partial charge in [0.15, 0.2) is 0 Å². The van der Waals surface area contributed by atoms with E-state index in [2.05, 4.69) is 24.3 Å². The molecule has 112 valence electrons. The number of nitriles is 1. The third-order valence-corrected chi connectivity index (χ3v) is 3.65. The van der Waals surface area contributed by atoms with E-state index in [4.69, 9.17) is 10.00 Å². The maximum absolute atomic E-state index is 8.73. The van der Waals surface area contributed by atoms with Crippen molar-refractivity contribution in [1.82, 2.24) is 0 Å². The summed E-state index contributed by atoms with van der Waals surface area (Å²) in [5.41, 5.74) is 4.42. The van der Waals surface area contributed by atoms with Crippen LogP contribution in [-0.4, -0.2) is 0 Å². The Morgan fingerprint density at radius 2 is 1.52 bits per heavy atom. The van der Waals surface area contributed by atoms with Crippen molar-refractivity contribution >= 4 is 0 Å². The van der Waals surface area contributed by atoms with Crippen LogP contribution in [-0.2, 0) is 13.0 Å². The van der Waals surface area contributed by atoms with Crippen LogP contribution in [0.15, 0.2) is 78.9 Å². The van der Waals surface area contributed by atoms with Gasteiger partial charge in [0, 0.05) is 0 Å². The molecule has 0 aliphatic carbocycles. The number of nitrogens with zero attached hydrogens (tertiary/aromatic N) is 1. The monoisotopic (exact) mass is 299 g/mol. The summed E-state index contributed by atoms with van der Waals surface area (Å²) in [4.78, 5) is 0. The molecule has 0 atom stereocenters. The Balaban J connectivity index is 1.73. The van der Waals surface area contributed by atoms with Crippen molar-refractivity contribution < 1.29 is 4.74 Å². The van der Waals surface area contributed by atoms with Gasteiger partial charge in [0.1, 0.15) is 12.4 Å². The number of benzene rings is 3. The Kier molecular flexibility index (Phi) is 4.71. The second kappa shape index (κ2) is 7.29. The lowest BCUT2D eigenvalue weighted by molar-refractivity contribution is 0.306. The maximum atomic E-state index is 8.73. The van der Waals surface area contributed by atoms with Gasteiger partial charge >= 0.3 is 0 Å². The average Bonchev–Trinajstić information content (AvgIpc) is 2.62. The molecule has 3 aromatic carbocycles. The molecule has 2 nitrogen and oxygen atoms in total. The van der Waals surface area contributed by atoms with E-state index >= 15 is 0 Å². The van der Waals surface area contributed by atoms with Gasteiger partial charge in [0.2, 0.25) is 0 Å². The Labute approximate surface area is 136 Å². The van der Waals surface area contributed by atoms with Crippen molar-refractivity contribution in [1.29, 1.82) is 5.26 Å². The smallest absolute Gasteiger partial charge is 0.120 e. The van der Waals surface area contributed by atoms with Gasteiger partial charge in [-0.3, -0.25) is 0 Å². The SMILES string of the molecule is N#CCc1ccc(-c2cccc(OCc3ccccc3)c2)cc1. The summed E-state index contributed by atoms with van der Waals surface area (Å²) in [7, 11) is 0. The molecule has 0 unspecified atom stereocenters. The predicted octanol–water partition coefficient (Wildman–Crippen LogP) is 5.00. The molecule has 0 saturated heterocycles. The van der Waals surface area contributed by atoms with Gasteiger partial charge in [-0.05, 0) is 34.4 Å². The third-order valence-electron chi connectivity index (χ3n) is 3.65. The van der Waals surface area contributed by atoms with Crippen molar-refractivity contribution in [3.8, 4) is 22.9 Å². The van der Waals surface area contributed by atoms with E-state index in [1.807, 2.05) is 60.7 Å². The summed E-state index contributed by atoms with van der Waals surface area (Å²) in [5.74, 6) is 0.854. The highest BCUT2D eigenvalue weighted by Gasteiger charge is 2.01. The van der Waals surface area contributed by atoms with Gasteiger partial charge in [-0.25, -0.2) is 0 Å². The Hall–Kier alpha value is -3.05. The van der Waals surface area contributed by atoms with Crippen LogP contribution in [0.25, 0.3) is 11.1 Å². The molecule has 0 heterocycles. The fourth-order valence-corrected chi connectivity index (χ4v) is 2.41. The highest BCUT2D eigenvalue weighted by molar-refractivity contribution is 5.65. The van der Waals surface area contributed by atoms with E-state index in [-0.39, 0.29) is 0 Å². The first-order valence-corrected chi connectivity index (χ1v) is 7.58. The number of hydrogen-bond acceptors (Lipinski definition) is 2. The second-order valence-electron chi connectivity index (χ2n) is 5.33. The van der Waals surface area contributed by atoms with Gasteiger partial charge in [0.25, 0.3) is 0 Å². The van der Waals surface area contributed by atoms with Gasteiger partial charge in [-0.15, -0.1) is 0 Å². The van der Waals surface area contributed by atoms with Crippen molar-refractivity contribution in [2.75, 3.05) is 0 Å². The van der Waals surface area contributed by atoms with Crippen LogP contribution < -0.4 is 4.74 Å². The standard InChI is InChI=1S/C21H17NO/c22-14-13-17-9-11-19(12-10-17)20-7-4-8-21(15-20)23-16-18-5-2-1-3-6-18/h1-12,15H,13,16H2. The highest BCUT2D eigenvalue weighted by atomic mass is 16.5. The number of rotatable bonds is 5. The molecule has 2 heteroatoms. The van der Waals surface area contributed by atoms with Gasteiger partial charge in [0.05, 0.1) is 12.5 Å². The predicted molar refractivity (Wildman–Crippen MR) is 92.0 cm³/mol. The van der Waals surface area contributed by atoms with Crippen LogP contribution in [0.2, 0.25) is 0 Å². The molecule has 3 aromatic rings. The summed E-state index contributed by atoms with van der Waals surface area (Å²) in [6, 6.07) is 28.5. The normalized spacial score (nSPS) is 10.0. The van der Waals surface area contributed by atoms with E-state index < -0.39 is 0 Å². The van der Waals surface area contributed by atoms with Crippen LogP contribution in [0.5, 0.6) is 5.75 Å². The second-order valence-corrected chi connectivity index (χ2v) is 5.33. The van der Waals surface area contributed by atoms with E-state index in [1.165, 1.54) is 0 Å². The average molecular weight is 299 g/mol. The van der Waals surface area contributed by atoms with Crippen LogP contribution >= 0.6 is 0 Å². The Bertz CT molecular complexity index is 801. The molecule has 0 aliphatic rings. The first-order valence-electron chi connectivity index (χ1n) is 7.58. The topological polar surface area (TPSA) is 33.0 Å². The molecule has 0 bridgehead atoms. The summed E-state index contributed by atoms with van der Waals surface area (Å²) in [6.07, 6.45) is 0.445. The Morgan fingerprint density at radius 1 is 0.739 bits per heavy atom. The van der Waals surface area contributed by atoms with Crippen molar-refractivity contribution in [3.63, 3.8) is 0 Å². The minimum absolute atomic E-state index is 0.445.